The van der Waals surface area contributed by atoms with Crippen LogP contribution in [0.25, 0.3) is 0 Å². The third-order valence-electron chi connectivity index (χ3n) is 2.81. The van der Waals surface area contributed by atoms with Gasteiger partial charge in [-0.15, -0.1) is 0 Å². The second kappa shape index (κ2) is 26.6. The number of hydrogen-bond donors (Lipinski definition) is 2. The Morgan fingerprint density at radius 3 is 1.79 bits per heavy atom. The summed E-state index contributed by atoms with van der Waals surface area (Å²) in [6, 6.07) is 0. The van der Waals surface area contributed by atoms with Crippen molar-refractivity contribution in [3.05, 3.63) is 23.0 Å². The van der Waals surface area contributed by atoms with Crippen molar-refractivity contribution in [3.8, 4) is 0 Å². The molecule has 0 aromatic carbocycles. The summed E-state index contributed by atoms with van der Waals surface area (Å²) in [5.41, 5.74) is 1.55. The highest BCUT2D eigenvalue weighted by molar-refractivity contribution is 9.10. The predicted octanol–water partition coefficient (Wildman–Crippen LogP) is 4.76. The number of alkyl halides is 2. The van der Waals surface area contributed by atoms with Gasteiger partial charge in [0, 0.05) is 15.4 Å². The van der Waals surface area contributed by atoms with Gasteiger partial charge in [-0.3, -0.25) is 9.59 Å². The number of carbonyl (C=O) groups excluding carboxylic acids is 2. The number of carbonyl (C=O) groups is 2. The summed E-state index contributed by atoms with van der Waals surface area (Å²) in [5.74, 6) is 1.06. The minimum absolute atomic E-state index is 0. The van der Waals surface area contributed by atoms with Crippen LogP contribution < -0.4 is 10.6 Å². The molecule has 28 heavy (non-hydrogen) atoms. The first kappa shape index (κ1) is 41.8. The standard InChI is InChI=1S/C7H9BrO2.C7H11BrO.2C2H7N.2CH4.B.H2/c1-4-5(2)10-3-6(8)7(4)9;1-4-5(2)7(9)6(3)8;2*1-3-2;;;;/h6H,3H2,1-2H3;4,6H,1-3H3;2*3H,1-2H3;2*1H4;;1H/b;5-4+;;;;;;/i;;;;;;;1+1. The molecule has 0 saturated carbocycles. The molecular formula is C20H44BBr2N2O3. The van der Waals surface area contributed by atoms with E-state index in [9.17, 15) is 9.59 Å². The number of allylic oxidation sites excluding steroid dienone is 4. The van der Waals surface area contributed by atoms with E-state index in [2.05, 4.69) is 42.5 Å². The number of ether oxygens (including phenoxy) is 1. The third-order valence-corrected chi connectivity index (χ3v) is 3.91. The van der Waals surface area contributed by atoms with E-state index in [1.807, 2.05) is 62.0 Å². The van der Waals surface area contributed by atoms with E-state index >= 15 is 0 Å². The minimum atomic E-state index is -0.142. The lowest BCUT2D eigenvalue weighted by atomic mass is 10.1. The molecule has 1 heterocycles. The zero-order chi connectivity index (χ0) is 20.6. The summed E-state index contributed by atoms with van der Waals surface area (Å²) in [7, 11) is 7.50. The van der Waals surface area contributed by atoms with Gasteiger partial charge in [0.15, 0.2) is 11.6 Å². The lowest BCUT2D eigenvalue weighted by molar-refractivity contribution is -0.117. The van der Waals surface area contributed by atoms with Crippen molar-refractivity contribution in [1.29, 1.82) is 0 Å². The van der Waals surface area contributed by atoms with E-state index < -0.39 is 0 Å². The molecule has 2 unspecified atom stereocenters. The van der Waals surface area contributed by atoms with Gasteiger partial charge in [-0.1, -0.05) is 52.8 Å². The SMILES string of the molecule is C.C.C/C=C(\C)C(=O)C(C)Br.CC1=C(C)C(=O)C(Br)CO1.CNC.CNC.[2HH].[B]. The molecule has 1 aliphatic heterocycles. The molecule has 0 bridgehead atoms. The first-order valence-electron chi connectivity index (χ1n) is 8.02. The number of hydrogen-bond acceptors (Lipinski definition) is 5. The smallest absolute Gasteiger partial charge is 0.178 e. The average molecular weight is 532 g/mol. The number of nitrogens with one attached hydrogen (secondary N) is 2. The molecule has 0 aromatic rings. The van der Waals surface area contributed by atoms with Gasteiger partial charge >= 0.3 is 0 Å². The molecule has 2 N–H and O–H groups in total. The number of rotatable bonds is 2. The lowest BCUT2D eigenvalue weighted by Crippen LogP contribution is -2.26. The summed E-state index contributed by atoms with van der Waals surface area (Å²) in [4.78, 5) is 21.9. The Morgan fingerprint density at radius 1 is 1.21 bits per heavy atom. The van der Waals surface area contributed by atoms with Gasteiger partial charge in [0.05, 0.1) is 10.6 Å². The van der Waals surface area contributed by atoms with Crippen molar-refractivity contribution in [3.63, 3.8) is 0 Å². The van der Waals surface area contributed by atoms with Crippen LogP contribution in [0.3, 0.4) is 0 Å². The second-order valence-corrected chi connectivity index (χ2v) is 7.75. The van der Waals surface area contributed by atoms with Gasteiger partial charge < -0.3 is 15.4 Å². The van der Waals surface area contributed by atoms with E-state index in [0.29, 0.717) is 6.61 Å². The maximum Gasteiger partial charge on any atom is 0.178 e. The van der Waals surface area contributed by atoms with Gasteiger partial charge in [-0.2, -0.15) is 0 Å². The van der Waals surface area contributed by atoms with Crippen LogP contribution in [0.1, 0.15) is 50.9 Å². The molecule has 1 rings (SSSR count). The summed E-state index contributed by atoms with van der Waals surface area (Å²) >= 11 is 6.40. The molecular weight excluding hydrogens is 487 g/mol. The number of ketones is 2. The van der Waals surface area contributed by atoms with Gasteiger partial charge in [-0.05, 0) is 68.4 Å². The topological polar surface area (TPSA) is 67.4 Å². The van der Waals surface area contributed by atoms with Gasteiger partial charge in [0.2, 0.25) is 0 Å². The van der Waals surface area contributed by atoms with Crippen molar-refractivity contribution in [2.75, 3.05) is 34.8 Å². The quantitative estimate of drug-likeness (QED) is 0.305. The molecule has 5 nitrogen and oxygen atoms in total. The lowest BCUT2D eigenvalue weighted by Gasteiger charge is -2.19. The van der Waals surface area contributed by atoms with Crippen molar-refractivity contribution in [2.45, 2.75) is 59.1 Å². The summed E-state index contributed by atoms with van der Waals surface area (Å²) in [6.45, 7) is 9.57. The zero-order valence-electron chi connectivity index (χ0n) is 17.5. The minimum Gasteiger partial charge on any atom is -0.496 e. The maximum atomic E-state index is 11.2. The van der Waals surface area contributed by atoms with Crippen molar-refractivity contribution >= 4 is 51.8 Å². The van der Waals surface area contributed by atoms with Crippen LogP contribution in [-0.4, -0.2) is 64.4 Å². The molecule has 0 amide bonds. The molecule has 2 atom stereocenters. The van der Waals surface area contributed by atoms with Crippen LogP contribution >= 0.6 is 31.9 Å². The molecule has 0 spiro atoms. The molecule has 0 saturated heterocycles. The Balaban J connectivity index is -0.0000000475. The molecule has 8 heteroatoms. The Labute approximate surface area is 194 Å². The molecule has 1 aliphatic rings. The monoisotopic (exact) mass is 530 g/mol. The Kier molecular flexibility index (Phi) is 39.7. The van der Waals surface area contributed by atoms with E-state index in [1.54, 1.807) is 6.92 Å². The Hall–Kier alpha value is -0.435. The van der Waals surface area contributed by atoms with Gasteiger partial charge in [-0.25, -0.2) is 0 Å². The van der Waals surface area contributed by atoms with Crippen LogP contribution in [-0.2, 0) is 14.3 Å². The molecule has 0 aliphatic carbocycles. The fourth-order valence-electron chi connectivity index (χ4n) is 1.25. The molecule has 0 fully saturated rings. The molecule has 169 valence electrons. The van der Waals surface area contributed by atoms with Crippen LogP contribution in [0.2, 0.25) is 0 Å². The zero-order valence-corrected chi connectivity index (χ0v) is 20.7. The van der Waals surface area contributed by atoms with E-state index in [4.69, 9.17) is 4.74 Å². The van der Waals surface area contributed by atoms with Gasteiger partial charge in [0.1, 0.15) is 11.4 Å². The van der Waals surface area contributed by atoms with E-state index in [1.165, 1.54) is 0 Å². The Bertz CT molecular complexity index is 459. The van der Waals surface area contributed by atoms with Crippen LogP contribution in [0, 0.1) is 0 Å². The highest BCUT2D eigenvalue weighted by Crippen LogP contribution is 2.19. The van der Waals surface area contributed by atoms with Crippen LogP contribution in [0.5, 0.6) is 0 Å². The Morgan fingerprint density at radius 2 is 1.57 bits per heavy atom. The molecule has 0 aromatic heterocycles. The van der Waals surface area contributed by atoms with Crippen molar-refractivity contribution < 1.29 is 15.8 Å². The van der Waals surface area contributed by atoms with Crippen molar-refractivity contribution in [1.82, 2.24) is 10.6 Å². The summed E-state index contributed by atoms with van der Waals surface area (Å²) in [5, 5.41) is 5.50. The third kappa shape index (κ3) is 21.9. The molecule has 3 radical (unpaired) electrons. The largest absolute Gasteiger partial charge is 0.496 e. The fourth-order valence-corrected chi connectivity index (χ4v) is 2.08. The first-order chi connectivity index (χ1) is 11.5. The number of Topliss-reactive ketones (excluding diaryl/α,β-unsaturated/α-hetero) is 2. The predicted molar refractivity (Wildman–Crippen MR) is 136 cm³/mol. The fraction of sp³-hybridized carbons (Fsp3) is 0.700. The normalized spacial score (nSPS) is 15.8. The second-order valence-electron chi connectivity index (χ2n) is 5.28. The van der Waals surface area contributed by atoms with E-state index in [0.717, 1.165) is 16.9 Å². The van der Waals surface area contributed by atoms with Crippen molar-refractivity contribution in [2.24, 2.45) is 0 Å². The number of halogens is 2. The van der Waals surface area contributed by atoms with E-state index in [-0.39, 0.29) is 45.9 Å². The summed E-state index contributed by atoms with van der Waals surface area (Å²) < 4.78 is 5.18. The average Bonchev–Trinajstić information content (AvgIpc) is 2.57. The highest BCUT2D eigenvalue weighted by atomic mass is 79.9. The first-order valence-corrected chi connectivity index (χ1v) is 9.85. The van der Waals surface area contributed by atoms with Crippen LogP contribution in [0.4, 0.5) is 0 Å². The summed E-state index contributed by atoms with van der Waals surface area (Å²) in [6.07, 6.45) is 1.82. The highest BCUT2D eigenvalue weighted by Gasteiger charge is 2.23. The van der Waals surface area contributed by atoms with Crippen LogP contribution in [0.15, 0.2) is 23.0 Å². The van der Waals surface area contributed by atoms with Gasteiger partial charge in [0.25, 0.3) is 0 Å². The maximum absolute atomic E-state index is 11.2.